The molecule has 9 heteroatoms. The second-order valence-corrected chi connectivity index (χ2v) is 10.9. The lowest BCUT2D eigenvalue weighted by Crippen LogP contribution is -2.44. The summed E-state index contributed by atoms with van der Waals surface area (Å²) in [6, 6.07) is 3.39. The number of cyclic esters (lactones) is 1. The Kier molecular flexibility index (Phi) is 4.40. The van der Waals surface area contributed by atoms with Gasteiger partial charge in [-0.1, -0.05) is 6.92 Å². The number of halogens is 1. The van der Waals surface area contributed by atoms with E-state index >= 15 is 0 Å². The van der Waals surface area contributed by atoms with Gasteiger partial charge < -0.3 is 14.4 Å². The van der Waals surface area contributed by atoms with Crippen molar-refractivity contribution >= 4 is 28.6 Å². The molecule has 2 aromatic heterocycles. The largest absolute Gasteiger partial charge is 0.458 e. The molecule has 6 heterocycles. The van der Waals surface area contributed by atoms with Gasteiger partial charge in [-0.3, -0.25) is 9.69 Å². The second kappa shape index (κ2) is 7.15. The Balaban J connectivity index is 1.54. The van der Waals surface area contributed by atoms with E-state index in [1.165, 1.54) is 6.07 Å². The molecule has 0 bridgehead atoms. The van der Waals surface area contributed by atoms with Crippen molar-refractivity contribution < 1.29 is 19.0 Å². The van der Waals surface area contributed by atoms with Crippen molar-refractivity contribution in [2.75, 3.05) is 18.8 Å². The van der Waals surface area contributed by atoms with Crippen molar-refractivity contribution in [2.24, 2.45) is 0 Å². The number of hydrogen-bond donors (Lipinski definition) is 1. The third-order valence-corrected chi connectivity index (χ3v) is 9.49. The van der Waals surface area contributed by atoms with Gasteiger partial charge in [0, 0.05) is 39.3 Å². The van der Waals surface area contributed by atoms with E-state index in [2.05, 4.69) is 4.90 Å². The zero-order valence-electron chi connectivity index (χ0n) is 19.5. The van der Waals surface area contributed by atoms with Crippen LogP contribution in [0, 0.1) is 12.7 Å². The van der Waals surface area contributed by atoms with E-state index in [1.54, 1.807) is 29.3 Å². The van der Waals surface area contributed by atoms with Gasteiger partial charge >= 0.3 is 5.97 Å². The minimum absolute atomic E-state index is 0.0904. The monoisotopic (exact) mass is 493 g/mol. The fraction of sp³-hybridized carbons (Fsp3) is 0.423. The van der Waals surface area contributed by atoms with E-state index < -0.39 is 11.6 Å². The number of likely N-dealkylation sites (tertiary alicyclic amines) is 1. The van der Waals surface area contributed by atoms with E-state index in [9.17, 15) is 19.1 Å². The summed E-state index contributed by atoms with van der Waals surface area (Å²) in [7, 11) is 0. The van der Waals surface area contributed by atoms with Crippen molar-refractivity contribution in [3.05, 3.63) is 56.1 Å². The predicted molar refractivity (Wildman–Crippen MR) is 129 cm³/mol. The highest BCUT2D eigenvalue weighted by Gasteiger charge is 2.46. The molecule has 1 fully saturated rings. The molecule has 1 N–H and O–H groups in total. The van der Waals surface area contributed by atoms with Crippen LogP contribution in [0.1, 0.15) is 53.6 Å². The van der Waals surface area contributed by atoms with Crippen molar-refractivity contribution in [1.82, 2.24) is 14.5 Å². The third-order valence-electron chi connectivity index (χ3n) is 8.21. The van der Waals surface area contributed by atoms with Gasteiger partial charge in [-0.25, -0.2) is 14.2 Å². The van der Waals surface area contributed by atoms with Gasteiger partial charge in [0.2, 0.25) is 0 Å². The number of esters is 1. The first-order chi connectivity index (χ1) is 16.8. The van der Waals surface area contributed by atoms with Crippen LogP contribution < -0.4 is 5.56 Å². The van der Waals surface area contributed by atoms with Gasteiger partial charge in [-0.15, -0.1) is 11.8 Å². The van der Waals surface area contributed by atoms with E-state index in [0.29, 0.717) is 40.1 Å². The molecule has 4 aliphatic heterocycles. The fourth-order valence-electron chi connectivity index (χ4n) is 6.04. The lowest BCUT2D eigenvalue weighted by Gasteiger charge is -2.41. The number of thioether (sulfide) groups is 1. The maximum Gasteiger partial charge on any atom is 0.343 e. The van der Waals surface area contributed by atoms with Gasteiger partial charge in [-0.05, 0) is 50.0 Å². The number of pyridine rings is 2. The topological polar surface area (TPSA) is 84.7 Å². The summed E-state index contributed by atoms with van der Waals surface area (Å²) in [5, 5.41) is 12.1. The Bertz CT molecular complexity index is 1550. The molecule has 0 saturated carbocycles. The van der Waals surface area contributed by atoms with Crippen LogP contribution in [-0.2, 0) is 28.3 Å². The normalized spacial score (nSPS) is 24.6. The number of benzene rings is 1. The average Bonchev–Trinajstić information content (AvgIpc) is 3.18. The smallest absolute Gasteiger partial charge is 0.343 e. The minimum atomic E-state index is -1.87. The Hall–Kier alpha value is -2.75. The van der Waals surface area contributed by atoms with Crippen LogP contribution in [0.25, 0.3) is 22.3 Å². The first-order valence-corrected chi connectivity index (χ1v) is 13.0. The molecule has 3 aromatic rings. The Morgan fingerprint density at radius 1 is 1.29 bits per heavy atom. The average molecular weight is 494 g/mol. The van der Waals surface area contributed by atoms with E-state index in [-0.39, 0.29) is 30.4 Å². The van der Waals surface area contributed by atoms with Crippen LogP contribution in [0.15, 0.2) is 21.8 Å². The number of rotatable bonds is 2. The first kappa shape index (κ1) is 21.5. The third kappa shape index (κ3) is 2.66. The zero-order chi connectivity index (χ0) is 24.2. The van der Waals surface area contributed by atoms with Gasteiger partial charge in [0.05, 0.1) is 29.0 Å². The number of nitrogens with zero attached hydrogens (tertiary/aromatic N) is 3. The number of aromatic nitrogens is 2. The number of hydrogen-bond acceptors (Lipinski definition) is 7. The molecule has 180 valence electrons. The molecule has 4 aliphatic rings. The van der Waals surface area contributed by atoms with Crippen LogP contribution in [-0.4, -0.2) is 44.4 Å². The highest BCUT2D eigenvalue weighted by molar-refractivity contribution is 7.99. The van der Waals surface area contributed by atoms with Crippen molar-refractivity contribution in [1.29, 1.82) is 0 Å². The zero-order valence-corrected chi connectivity index (χ0v) is 20.3. The fourth-order valence-corrected chi connectivity index (χ4v) is 7.42. The van der Waals surface area contributed by atoms with E-state index in [0.717, 1.165) is 46.7 Å². The van der Waals surface area contributed by atoms with Crippen LogP contribution >= 0.6 is 11.8 Å². The maximum atomic E-state index is 14.9. The maximum absolute atomic E-state index is 14.9. The molecule has 35 heavy (non-hydrogen) atoms. The summed E-state index contributed by atoms with van der Waals surface area (Å²) in [5.74, 6) is -0.207. The number of carbonyl (C=O) groups excluding carboxylic acids is 1. The van der Waals surface area contributed by atoms with Gasteiger partial charge in [-0.2, -0.15) is 0 Å². The van der Waals surface area contributed by atoms with Gasteiger partial charge in [0.15, 0.2) is 5.60 Å². The summed E-state index contributed by atoms with van der Waals surface area (Å²) in [6.07, 6.45) is 1.25. The van der Waals surface area contributed by atoms with Crippen LogP contribution in [0.4, 0.5) is 4.39 Å². The molecule has 7 rings (SSSR count). The van der Waals surface area contributed by atoms with E-state index in [1.807, 2.05) is 6.92 Å². The minimum Gasteiger partial charge on any atom is -0.458 e. The highest BCUT2D eigenvalue weighted by atomic mass is 32.2. The van der Waals surface area contributed by atoms with Gasteiger partial charge in [0.25, 0.3) is 5.56 Å². The molecule has 2 atom stereocenters. The molecular weight excluding hydrogens is 469 g/mol. The molecular formula is C26H24FN3O4S. The van der Waals surface area contributed by atoms with Gasteiger partial charge in [0.1, 0.15) is 12.4 Å². The molecule has 7 nitrogen and oxygen atoms in total. The van der Waals surface area contributed by atoms with Crippen molar-refractivity contribution in [2.45, 2.75) is 56.4 Å². The van der Waals surface area contributed by atoms with Crippen molar-refractivity contribution in [3.8, 4) is 11.4 Å². The number of carbonyl (C=O) groups is 1. The number of ether oxygens (including phenoxy) is 1. The van der Waals surface area contributed by atoms with Crippen molar-refractivity contribution in [3.63, 3.8) is 0 Å². The standard InChI is InChI=1S/C26H24FN3O4S/c1-3-26(33)15-7-18-22-13(9-30(18)24(31)14(15)10-34-25(26)32)20-19(29-5-4-6-29)11-35-23-12(2)16(27)8-17(28-22)21(20)23/h7-8,19,33H,3-6,9-11H2,1-2H3/t19?,26-/m0/s1. The summed E-state index contributed by atoms with van der Waals surface area (Å²) in [5.41, 5.74) is 2.99. The lowest BCUT2D eigenvalue weighted by molar-refractivity contribution is -0.172. The number of aliphatic hydroxyl groups is 1. The summed E-state index contributed by atoms with van der Waals surface area (Å²) < 4.78 is 21.8. The Morgan fingerprint density at radius 3 is 2.80 bits per heavy atom. The summed E-state index contributed by atoms with van der Waals surface area (Å²) in [6.45, 7) is 5.74. The highest BCUT2D eigenvalue weighted by Crippen LogP contribution is 2.50. The quantitative estimate of drug-likeness (QED) is 0.429. The van der Waals surface area contributed by atoms with E-state index in [4.69, 9.17) is 9.72 Å². The van der Waals surface area contributed by atoms with Crippen LogP contribution in [0.5, 0.6) is 0 Å². The second-order valence-electron chi connectivity index (χ2n) is 9.88. The Labute approximate surface area is 204 Å². The molecule has 0 radical (unpaired) electrons. The lowest BCUT2D eigenvalue weighted by atomic mass is 9.86. The molecule has 1 aromatic carbocycles. The van der Waals surface area contributed by atoms with Crippen LogP contribution in [0.3, 0.4) is 0 Å². The summed E-state index contributed by atoms with van der Waals surface area (Å²) in [4.78, 5) is 34.4. The Morgan fingerprint density at radius 2 is 2.09 bits per heavy atom. The molecule has 1 unspecified atom stereocenters. The predicted octanol–water partition coefficient (Wildman–Crippen LogP) is 3.38. The van der Waals surface area contributed by atoms with Crippen LogP contribution in [0.2, 0.25) is 0 Å². The molecule has 0 aliphatic carbocycles. The summed E-state index contributed by atoms with van der Waals surface area (Å²) >= 11 is 1.69. The molecule has 1 saturated heterocycles. The first-order valence-electron chi connectivity index (χ1n) is 12.0. The molecule has 0 spiro atoms. The molecule has 0 amide bonds. The number of fused-ring (bicyclic) bond motifs is 5. The SMILES string of the molecule is CC[C@@]1(O)C(=O)OCc2c1cc1n(c2=O)Cc2c-1nc1cc(F)c(C)c3c1c2C(N1CCC1)CS3.